The van der Waals surface area contributed by atoms with Crippen molar-refractivity contribution < 1.29 is 14.3 Å². The lowest BCUT2D eigenvalue weighted by atomic mass is 9.97. The standard InChI is InChI=1S/C12H25NO3S/c1-12(13-2,11(14)16-4)7-5-9-17-10-6-8-15-3/h13H,5-10H2,1-4H3. The maximum Gasteiger partial charge on any atom is 0.325 e. The zero-order chi connectivity index (χ0) is 13.1. The number of esters is 1. The van der Waals surface area contributed by atoms with Gasteiger partial charge >= 0.3 is 5.97 Å². The molecule has 0 bridgehead atoms. The molecule has 1 atom stereocenters. The first-order chi connectivity index (χ1) is 8.10. The summed E-state index contributed by atoms with van der Waals surface area (Å²) >= 11 is 1.90. The van der Waals surface area contributed by atoms with Crippen molar-refractivity contribution >= 4 is 17.7 Å². The van der Waals surface area contributed by atoms with E-state index in [-0.39, 0.29) is 5.97 Å². The highest BCUT2D eigenvalue weighted by Gasteiger charge is 2.31. The van der Waals surface area contributed by atoms with Gasteiger partial charge in [-0.05, 0) is 44.7 Å². The molecule has 0 rings (SSSR count). The maximum atomic E-state index is 11.6. The highest BCUT2D eigenvalue weighted by molar-refractivity contribution is 7.99. The molecule has 0 aliphatic rings. The smallest absolute Gasteiger partial charge is 0.325 e. The number of likely N-dealkylation sites (N-methyl/N-ethyl adjacent to an activating group) is 1. The predicted octanol–water partition coefficient (Wildman–Crippen LogP) is 1.69. The summed E-state index contributed by atoms with van der Waals surface area (Å²) in [5.74, 6) is 1.99. The van der Waals surface area contributed by atoms with Gasteiger partial charge in [-0.2, -0.15) is 11.8 Å². The van der Waals surface area contributed by atoms with Gasteiger partial charge in [0.15, 0.2) is 0 Å². The molecule has 17 heavy (non-hydrogen) atoms. The average Bonchev–Trinajstić information content (AvgIpc) is 2.36. The van der Waals surface area contributed by atoms with E-state index in [1.165, 1.54) is 7.11 Å². The summed E-state index contributed by atoms with van der Waals surface area (Å²) in [5, 5.41) is 3.04. The van der Waals surface area contributed by atoms with Crippen molar-refractivity contribution in [1.82, 2.24) is 5.32 Å². The molecular formula is C12H25NO3S. The number of carbonyl (C=O) groups is 1. The van der Waals surface area contributed by atoms with Crippen LogP contribution in [0.1, 0.15) is 26.2 Å². The van der Waals surface area contributed by atoms with Crippen LogP contribution in [-0.2, 0) is 14.3 Å². The summed E-state index contributed by atoms with van der Waals surface area (Å²) < 4.78 is 9.77. The van der Waals surface area contributed by atoms with Crippen LogP contribution >= 0.6 is 11.8 Å². The third kappa shape index (κ3) is 6.91. The van der Waals surface area contributed by atoms with Gasteiger partial charge in [0.25, 0.3) is 0 Å². The molecule has 0 aromatic rings. The number of rotatable bonds is 10. The van der Waals surface area contributed by atoms with Crippen molar-refractivity contribution in [3.8, 4) is 0 Å². The Morgan fingerprint density at radius 2 is 1.94 bits per heavy atom. The van der Waals surface area contributed by atoms with Crippen LogP contribution in [0, 0.1) is 0 Å². The van der Waals surface area contributed by atoms with E-state index >= 15 is 0 Å². The summed E-state index contributed by atoms with van der Waals surface area (Å²) in [6.07, 6.45) is 2.89. The molecule has 0 saturated heterocycles. The molecule has 102 valence electrons. The second-order valence-electron chi connectivity index (χ2n) is 4.14. The number of carbonyl (C=O) groups excluding carboxylic acids is 1. The molecule has 0 radical (unpaired) electrons. The molecule has 0 saturated carbocycles. The number of thioether (sulfide) groups is 1. The molecule has 1 unspecified atom stereocenters. The van der Waals surface area contributed by atoms with E-state index in [2.05, 4.69) is 5.32 Å². The van der Waals surface area contributed by atoms with Gasteiger partial charge in [0.2, 0.25) is 0 Å². The third-order valence-electron chi connectivity index (χ3n) is 2.79. The second-order valence-corrected chi connectivity index (χ2v) is 5.36. The molecule has 1 N–H and O–H groups in total. The first-order valence-electron chi connectivity index (χ1n) is 5.94. The molecule has 0 aliphatic carbocycles. The Kier molecular flexibility index (Phi) is 9.59. The molecule has 0 heterocycles. The Hall–Kier alpha value is -0.260. The number of methoxy groups -OCH3 is 2. The number of hydrogen-bond acceptors (Lipinski definition) is 5. The molecule has 4 nitrogen and oxygen atoms in total. The Morgan fingerprint density at radius 3 is 2.47 bits per heavy atom. The normalized spacial score (nSPS) is 14.4. The largest absolute Gasteiger partial charge is 0.468 e. The number of nitrogens with one attached hydrogen (secondary N) is 1. The van der Waals surface area contributed by atoms with Crippen molar-refractivity contribution in [2.75, 3.05) is 39.4 Å². The summed E-state index contributed by atoms with van der Waals surface area (Å²) in [4.78, 5) is 11.6. The van der Waals surface area contributed by atoms with Crippen LogP contribution in [0.2, 0.25) is 0 Å². The molecular weight excluding hydrogens is 238 g/mol. The molecule has 0 fully saturated rings. The van der Waals surface area contributed by atoms with E-state index in [1.54, 1.807) is 14.2 Å². The fraction of sp³-hybridized carbons (Fsp3) is 0.917. The average molecular weight is 263 g/mol. The summed E-state index contributed by atoms with van der Waals surface area (Å²) in [6, 6.07) is 0. The fourth-order valence-corrected chi connectivity index (χ4v) is 2.36. The van der Waals surface area contributed by atoms with Gasteiger partial charge in [-0.25, -0.2) is 0 Å². The van der Waals surface area contributed by atoms with E-state index in [0.717, 1.165) is 37.4 Å². The van der Waals surface area contributed by atoms with E-state index in [0.29, 0.717) is 0 Å². The van der Waals surface area contributed by atoms with Crippen LogP contribution in [0.3, 0.4) is 0 Å². The van der Waals surface area contributed by atoms with Gasteiger partial charge in [0.1, 0.15) is 5.54 Å². The van der Waals surface area contributed by atoms with Crippen LogP contribution in [0.4, 0.5) is 0 Å². The highest BCUT2D eigenvalue weighted by Crippen LogP contribution is 2.16. The van der Waals surface area contributed by atoms with Gasteiger partial charge < -0.3 is 14.8 Å². The summed E-state index contributed by atoms with van der Waals surface area (Å²) in [5.41, 5.74) is -0.554. The number of ether oxygens (including phenoxy) is 2. The Labute approximate surface area is 109 Å². The lowest BCUT2D eigenvalue weighted by Gasteiger charge is -2.25. The van der Waals surface area contributed by atoms with Crippen LogP contribution in [0.15, 0.2) is 0 Å². The summed E-state index contributed by atoms with van der Waals surface area (Å²) in [6.45, 7) is 2.71. The van der Waals surface area contributed by atoms with Crippen LogP contribution in [-0.4, -0.2) is 50.9 Å². The minimum atomic E-state index is -0.554. The first kappa shape index (κ1) is 16.7. The molecule has 5 heteroatoms. The van der Waals surface area contributed by atoms with Gasteiger partial charge in [0, 0.05) is 13.7 Å². The summed E-state index contributed by atoms with van der Waals surface area (Å²) in [7, 11) is 4.94. The Morgan fingerprint density at radius 1 is 1.29 bits per heavy atom. The molecule has 0 amide bonds. The molecule has 0 aromatic heterocycles. The van der Waals surface area contributed by atoms with Crippen LogP contribution in [0.25, 0.3) is 0 Å². The van der Waals surface area contributed by atoms with Crippen molar-refractivity contribution in [3.63, 3.8) is 0 Å². The van der Waals surface area contributed by atoms with E-state index in [1.807, 2.05) is 18.7 Å². The topological polar surface area (TPSA) is 47.6 Å². The van der Waals surface area contributed by atoms with Crippen molar-refractivity contribution in [2.24, 2.45) is 0 Å². The first-order valence-corrected chi connectivity index (χ1v) is 7.10. The van der Waals surface area contributed by atoms with E-state index < -0.39 is 5.54 Å². The number of hydrogen-bond donors (Lipinski definition) is 1. The minimum Gasteiger partial charge on any atom is -0.468 e. The van der Waals surface area contributed by atoms with Crippen molar-refractivity contribution in [1.29, 1.82) is 0 Å². The minimum absolute atomic E-state index is 0.190. The third-order valence-corrected chi connectivity index (χ3v) is 3.94. The second kappa shape index (κ2) is 9.74. The zero-order valence-corrected chi connectivity index (χ0v) is 12.2. The monoisotopic (exact) mass is 263 g/mol. The maximum absolute atomic E-state index is 11.6. The lowest BCUT2D eigenvalue weighted by molar-refractivity contribution is -0.148. The van der Waals surface area contributed by atoms with Crippen LogP contribution < -0.4 is 5.32 Å². The Bertz CT molecular complexity index is 214. The van der Waals surface area contributed by atoms with E-state index in [4.69, 9.17) is 9.47 Å². The lowest BCUT2D eigenvalue weighted by Crippen LogP contribution is -2.48. The highest BCUT2D eigenvalue weighted by atomic mass is 32.2. The van der Waals surface area contributed by atoms with Gasteiger partial charge in [-0.15, -0.1) is 0 Å². The molecule has 0 aromatic carbocycles. The van der Waals surface area contributed by atoms with Crippen molar-refractivity contribution in [3.05, 3.63) is 0 Å². The fourth-order valence-electron chi connectivity index (χ4n) is 1.49. The molecule has 0 aliphatic heterocycles. The predicted molar refractivity (Wildman–Crippen MR) is 72.5 cm³/mol. The van der Waals surface area contributed by atoms with Gasteiger partial charge in [0.05, 0.1) is 7.11 Å². The van der Waals surface area contributed by atoms with E-state index in [9.17, 15) is 4.79 Å². The Balaban J connectivity index is 3.67. The molecule has 0 spiro atoms. The van der Waals surface area contributed by atoms with Gasteiger partial charge in [-0.3, -0.25) is 4.79 Å². The zero-order valence-electron chi connectivity index (χ0n) is 11.4. The van der Waals surface area contributed by atoms with Crippen molar-refractivity contribution in [2.45, 2.75) is 31.7 Å². The SMILES string of the molecule is CNC(C)(CCCSCCCOC)C(=O)OC. The quantitative estimate of drug-likeness (QED) is 0.480. The van der Waals surface area contributed by atoms with Gasteiger partial charge in [-0.1, -0.05) is 0 Å². The van der Waals surface area contributed by atoms with Crippen LogP contribution in [0.5, 0.6) is 0 Å².